The standard InChI is InChI=1S/C16H18BrN3O4S.C15H16BrN3O2.CH3ClO2S/c1-3-24-16(21)15-13-10-19(25(2,22)23)8-7-14(13)20(18-15)12-6-4-5-11(17)9-12;1-2-21-15(20)14-12-9-17-7-6-13(12)19(18-14)11-5-3-4-10(16)8-11;1-5(2,3)4/h4-6,9H,3,7-8,10H2,1-2H3;3-5,8,17H,2,6-7,9H2,1H3;1H3. The van der Waals surface area contributed by atoms with Crippen LogP contribution in [0.1, 0.15) is 57.3 Å². The molecular weight excluding hydrogens is 856 g/mol. The van der Waals surface area contributed by atoms with E-state index in [1.54, 1.807) is 18.5 Å². The largest absolute Gasteiger partial charge is 0.461 e. The van der Waals surface area contributed by atoms with Gasteiger partial charge in [0.1, 0.15) is 0 Å². The molecule has 6 rings (SSSR count). The lowest BCUT2D eigenvalue weighted by atomic mass is 10.1. The zero-order chi connectivity index (χ0) is 37.5. The number of benzene rings is 2. The number of nitrogens with one attached hydrogen (secondary N) is 1. The summed E-state index contributed by atoms with van der Waals surface area (Å²) < 4.78 is 59.6. The van der Waals surface area contributed by atoms with Crippen LogP contribution in [-0.2, 0) is 54.5 Å². The van der Waals surface area contributed by atoms with E-state index in [2.05, 4.69) is 58.1 Å². The van der Waals surface area contributed by atoms with Gasteiger partial charge in [0.05, 0.1) is 48.5 Å². The fraction of sp³-hybridized carbons (Fsp3) is 0.375. The molecule has 0 saturated carbocycles. The monoisotopic (exact) mass is 890 g/mol. The highest BCUT2D eigenvalue weighted by Crippen LogP contribution is 2.28. The number of halogens is 3. The Kier molecular flexibility index (Phi) is 14.0. The quantitative estimate of drug-likeness (QED) is 0.200. The van der Waals surface area contributed by atoms with Gasteiger partial charge in [-0.1, -0.05) is 44.0 Å². The van der Waals surface area contributed by atoms with Gasteiger partial charge in [-0.15, -0.1) is 0 Å². The van der Waals surface area contributed by atoms with E-state index in [1.807, 2.05) is 53.2 Å². The van der Waals surface area contributed by atoms with E-state index in [-0.39, 0.29) is 24.8 Å². The van der Waals surface area contributed by atoms with Crippen LogP contribution in [0.5, 0.6) is 0 Å². The molecule has 2 aliphatic rings. The molecule has 2 aliphatic heterocycles. The van der Waals surface area contributed by atoms with Crippen LogP contribution in [0.25, 0.3) is 11.4 Å². The summed E-state index contributed by atoms with van der Waals surface area (Å²) in [6.45, 7) is 6.11. The molecule has 0 aliphatic carbocycles. The molecule has 0 saturated heterocycles. The molecule has 0 bridgehead atoms. The van der Waals surface area contributed by atoms with Crippen molar-refractivity contribution < 1.29 is 35.9 Å². The number of esters is 2. The Labute approximate surface area is 318 Å². The first-order chi connectivity index (χ1) is 24.0. The molecule has 0 fully saturated rings. The predicted molar refractivity (Wildman–Crippen MR) is 200 cm³/mol. The minimum absolute atomic E-state index is 0.121. The number of nitrogens with zero attached hydrogens (tertiary/aromatic N) is 5. The van der Waals surface area contributed by atoms with Gasteiger partial charge in [-0.05, 0) is 50.2 Å². The summed E-state index contributed by atoms with van der Waals surface area (Å²) in [5.41, 5.74) is 5.79. The fourth-order valence-electron chi connectivity index (χ4n) is 5.40. The summed E-state index contributed by atoms with van der Waals surface area (Å²) >= 11 is 6.90. The Morgan fingerprint density at radius 2 is 1.29 bits per heavy atom. The second kappa shape index (κ2) is 17.6. The number of sulfonamides is 1. The molecule has 14 nitrogen and oxygen atoms in total. The Hall–Kier alpha value is -3.13. The maximum atomic E-state index is 12.3. The maximum Gasteiger partial charge on any atom is 0.359 e. The molecule has 4 aromatic rings. The Balaban J connectivity index is 0.000000204. The van der Waals surface area contributed by atoms with Crippen molar-refractivity contribution >= 4 is 73.6 Å². The summed E-state index contributed by atoms with van der Waals surface area (Å²) in [4.78, 5) is 24.4. The highest BCUT2D eigenvalue weighted by Gasteiger charge is 2.32. The highest BCUT2D eigenvalue weighted by molar-refractivity contribution is 9.10. The maximum absolute atomic E-state index is 12.3. The number of hydrogen-bond donors (Lipinski definition) is 1. The summed E-state index contributed by atoms with van der Waals surface area (Å²) in [6.07, 6.45) is 3.41. The number of hydrogen-bond acceptors (Lipinski definition) is 11. The van der Waals surface area contributed by atoms with Crippen molar-refractivity contribution in [3.63, 3.8) is 0 Å². The van der Waals surface area contributed by atoms with Crippen LogP contribution in [0.3, 0.4) is 0 Å². The molecule has 0 amide bonds. The Morgan fingerprint density at radius 3 is 1.75 bits per heavy atom. The summed E-state index contributed by atoms with van der Waals surface area (Å²) in [5.74, 6) is -0.894. The number of ether oxygens (including phenoxy) is 2. The lowest BCUT2D eigenvalue weighted by Gasteiger charge is -2.25. The first kappa shape index (κ1) is 40.6. The van der Waals surface area contributed by atoms with Crippen LogP contribution < -0.4 is 5.32 Å². The van der Waals surface area contributed by atoms with Gasteiger partial charge in [0.2, 0.25) is 19.1 Å². The molecule has 0 spiro atoms. The molecule has 4 heterocycles. The second-order valence-electron chi connectivity index (χ2n) is 11.2. The van der Waals surface area contributed by atoms with Crippen molar-refractivity contribution in [1.29, 1.82) is 0 Å². The van der Waals surface area contributed by atoms with E-state index in [0.717, 1.165) is 56.5 Å². The molecule has 1 N–H and O–H groups in total. The third-order valence-corrected chi connectivity index (χ3v) is 9.70. The first-order valence-electron chi connectivity index (χ1n) is 15.6. The van der Waals surface area contributed by atoms with E-state index in [9.17, 15) is 26.4 Å². The molecule has 0 atom stereocenters. The second-order valence-corrected chi connectivity index (χ2v) is 18.1. The Morgan fingerprint density at radius 1 is 0.824 bits per heavy atom. The van der Waals surface area contributed by atoms with E-state index in [0.29, 0.717) is 37.4 Å². The molecule has 276 valence electrons. The average Bonchev–Trinajstić information content (AvgIpc) is 3.64. The lowest BCUT2D eigenvalue weighted by Crippen LogP contribution is -2.36. The van der Waals surface area contributed by atoms with Crippen molar-refractivity contribution in [3.05, 3.63) is 91.4 Å². The molecule has 51 heavy (non-hydrogen) atoms. The normalized spacial score (nSPS) is 14.2. The van der Waals surface area contributed by atoms with Crippen LogP contribution in [0, 0.1) is 0 Å². The van der Waals surface area contributed by atoms with Crippen molar-refractivity contribution in [2.45, 2.75) is 39.8 Å². The molecule has 2 aromatic carbocycles. The van der Waals surface area contributed by atoms with Gasteiger partial charge in [-0.2, -0.15) is 14.5 Å². The van der Waals surface area contributed by atoms with E-state index >= 15 is 0 Å². The number of carbonyl (C=O) groups excluding carboxylic acids is 2. The van der Waals surface area contributed by atoms with E-state index in [1.165, 1.54) is 10.6 Å². The molecule has 19 heteroatoms. The van der Waals surface area contributed by atoms with Gasteiger partial charge >= 0.3 is 11.9 Å². The fourth-order valence-corrected chi connectivity index (χ4v) is 6.96. The van der Waals surface area contributed by atoms with E-state index in [4.69, 9.17) is 9.47 Å². The molecule has 2 aromatic heterocycles. The predicted octanol–water partition coefficient (Wildman–Crippen LogP) is 4.77. The average molecular weight is 893 g/mol. The first-order valence-corrected chi connectivity index (χ1v) is 21.8. The summed E-state index contributed by atoms with van der Waals surface area (Å²) in [6, 6.07) is 15.5. The minimum Gasteiger partial charge on any atom is -0.461 e. The third kappa shape index (κ3) is 10.9. The Bertz CT molecular complexity index is 2110. The van der Waals surface area contributed by atoms with Gasteiger partial charge in [0.15, 0.2) is 11.4 Å². The van der Waals surface area contributed by atoms with Gasteiger partial charge < -0.3 is 14.8 Å². The van der Waals surface area contributed by atoms with E-state index < -0.39 is 25.0 Å². The number of aromatic nitrogens is 4. The van der Waals surface area contributed by atoms with Gasteiger partial charge in [-0.3, -0.25) is 0 Å². The zero-order valence-corrected chi connectivity index (χ0v) is 33.8. The van der Waals surface area contributed by atoms with Gasteiger partial charge in [0, 0.05) is 69.8 Å². The van der Waals surface area contributed by atoms with Crippen LogP contribution in [0.4, 0.5) is 0 Å². The van der Waals surface area contributed by atoms with Gasteiger partial charge in [0.25, 0.3) is 0 Å². The van der Waals surface area contributed by atoms with Crippen LogP contribution in [-0.4, -0.2) is 91.5 Å². The SMILES string of the molecule is CCOC(=O)c1nn(-c2cccc(Br)c2)c2c1CN(S(C)(=O)=O)CC2.CCOC(=O)c1nn(-c2cccc(Br)c2)c2c1CNCC2.CS(=O)(=O)Cl. The molecule has 0 radical (unpaired) electrons. The third-order valence-electron chi connectivity index (χ3n) is 7.46. The number of fused-ring (bicyclic) bond motifs is 2. The van der Waals surface area contributed by atoms with Gasteiger partial charge in [-0.25, -0.2) is 35.8 Å². The summed E-state index contributed by atoms with van der Waals surface area (Å²) in [5, 5.41) is 12.2. The smallest absolute Gasteiger partial charge is 0.359 e. The van der Waals surface area contributed by atoms with Crippen molar-refractivity contribution in [1.82, 2.24) is 29.2 Å². The zero-order valence-electron chi connectivity index (χ0n) is 28.2. The van der Waals surface area contributed by atoms with Crippen LogP contribution in [0.2, 0.25) is 0 Å². The number of carbonyl (C=O) groups is 2. The minimum atomic E-state index is -3.35. The molecule has 0 unspecified atom stereocenters. The highest BCUT2D eigenvalue weighted by atomic mass is 79.9. The van der Waals surface area contributed by atoms with Crippen LogP contribution in [0.15, 0.2) is 57.5 Å². The topological polar surface area (TPSA) is 172 Å². The van der Waals surface area contributed by atoms with Crippen LogP contribution >= 0.6 is 42.5 Å². The molecular formula is C32H37Br2ClN6O8S2. The number of rotatable bonds is 7. The van der Waals surface area contributed by atoms with Crippen molar-refractivity contribution in [2.24, 2.45) is 0 Å². The van der Waals surface area contributed by atoms with Crippen molar-refractivity contribution in [2.75, 3.05) is 38.8 Å². The lowest BCUT2D eigenvalue weighted by molar-refractivity contribution is 0.0507. The summed E-state index contributed by atoms with van der Waals surface area (Å²) in [7, 11) is -2.04. The van der Waals surface area contributed by atoms with Crippen molar-refractivity contribution in [3.8, 4) is 11.4 Å².